The van der Waals surface area contributed by atoms with Crippen molar-refractivity contribution in [2.45, 2.75) is 26.4 Å². The van der Waals surface area contributed by atoms with Crippen molar-refractivity contribution in [2.24, 2.45) is 5.92 Å². The Labute approximate surface area is 102 Å². The highest BCUT2D eigenvalue weighted by molar-refractivity contribution is 5.22. The minimum atomic E-state index is -0.00704. The van der Waals surface area contributed by atoms with Gasteiger partial charge in [0.05, 0.1) is 6.26 Å². The molecule has 0 aliphatic heterocycles. The molecule has 0 bridgehead atoms. The number of ether oxygens (including phenoxy) is 1. The van der Waals surface area contributed by atoms with Crippen molar-refractivity contribution in [1.82, 2.24) is 0 Å². The first kappa shape index (κ1) is 11.8. The Balaban J connectivity index is 2.11. The molecule has 0 N–H and O–H groups in total. The summed E-state index contributed by atoms with van der Waals surface area (Å²) in [5.41, 5.74) is 0. The number of hydrogen-bond acceptors (Lipinski definition) is 2. The lowest BCUT2D eigenvalue weighted by Gasteiger charge is -2.18. The fourth-order valence-corrected chi connectivity index (χ4v) is 1.79. The normalized spacial score (nSPS) is 12.6. The topological polar surface area (TPSA) is 22.4 Å². The molecule has 1 heterocycles. The second-order valence-corrected chi connectivity index (χ2v) is 4.56. The van der Waals surface area contributed by atoms with E-state index in [-0.39, 0.29) is 6.10 Å². The molecular weight excluding hydrogens is 212 g/mol. The van der Waals surface area contributed by atoms with Crippen LogP contribution in [0.3, 0.4) is 0 Å². The maximum atomic E-state index is 5.98. The van der Waals surface area contributed by atoms with Crippen molar-refractivity contribution in [3.63, 3.8) is 0 Å². The summed E-state index contributed by atoms with van der Waals surface area (Å²) in [5.74, 6) is 2.34. The third kappa shape index (κ3) is 3.38. The number of hydrogen-bond donors (Lipinski definition) is 0. The van der Waals surface area contributed by atoms with E-state index in [9.17, 15) is 0 Å². The SMILES string of the molecule is CC(C)CC(Oc1ccccc1)c1ccco1. The van der Waals surface area contributed by atoms with E-state index in [1.165, 1.54) is 0 Å². The average Bonchev–Trinajstić information content (AvgIpc) is 2.82. The molecule has 0 aliphatic carbocycles. The van der Waals surface area contributed by atoms with Gasteiger partial charge < -0.3 is 9.15 Å². The molecule has 2 heteroatoms. The van der Waals surface area contributed by atoms with E-state index in [4.69, 9.17) is 9.15 Å². The molecule has 1 aromatic heterocycles. The zero-order valence-corrected chi connectivity index (χ0v) is 10.3. The molecule has 1 unspecified atom stereocenters. The number of rotatable bonds is 5. The molecule has 17 heavy (non-hydrogen) atoms. The van der Waals surface area contributed by atoms with Crippen molar-refractivity contribution in [1.29, 1.82) is 0 Å². The largest absolute Gasteiger partial charge is 0.482 e. The molecule has 2 rings (SSSR count). The van der Waals surface area contributed by atoms with Crippen molar-refractivity contribution < 1.29 is 9.15 Å². The quantitative estimate of drug-likeness (QED) is 0.757. The van der Waals surface area contributed by atoms with E-state index in [0.717, 1.165) is 17.9 Å². The van der Waals surface area contributed by atoms with Crippen molar-refractivity contribution in [3.05, 3.63) is 54.5 Å². The molecule has 1 atom stereocenters. The number of furan rings is 1. The van der Waals surface area contributed by atoms with Crippen LogP contribution in [0.15, 0.2) is 53.1 Å². The van der Waals surface area contributed by atoms with E-state index in [1.54, 1.807) is 6.26 Å². The van der Waals surface area contributed by atoms with E-state index in [2.05, 4.69) is 13.8 Å². The molecular formula is C15H18O2. The summed E-state index contributed by atoms with van der Waals surface area (Å²) in [6.07, 6.45) is 2.63. The molecule has 0 fully saturated rings. The van der Waals surface area contributed by atoms with Crippen molar-refractivity contribution >= 4 is 0 Å². The first-order valence-corrected chi connectivity index (χ1v) is 6.01. The molecule has 0 amide bonds. The van der Waals surface area contributed by atoms with Crippen LogP contribution in [0.25, 0.3) is 0 Å². The molecule has 0 saturated carbocycles. The van der Waals surface area contributed by atoms with Gasteiger partial charge in [-0.3, -0.25) is 0 Å². The van der Waals surface area contributed by atoms with Gasteiger partial charge in [-0.15, -0.1) is 0 Å². The minimum Gasteiger partial charge on any atom is -0.482 e. The summed E-state index contributed by atoms with van der Waals surface area (Å²) >= 11 is 0. The lowest BCUT2D eigenvalue weighted by atomic mass is 10.0. The highest BCUT2D eigenvalue weighted by Gasteiger charge is 2.17. The Hall–Kier alpha value is -1.70. The summed E-state index contributed by atoms with van der Waals surface area (Å²) in [6, 6.07) is 13.7. The Kier molecular flexibility index (Phi) is 3.86. The highest BCUT2D eigenvalue weighted by atomic mass is 16.5. The van der Waals surface area contributed by atoms with Gasteiger partial charge in [-0.25, -0.2) is 0 Å². The Morgan fingerprint density at radius 1 is 1.06 bits per heavy atom. The van der Waals surface area contributed by atoms with Gasteiger partial charge in [0.25, 0.3) is 0 Å². The van der Waals surface area contributed by atoms with Gasteiger partial charge in [-0.2, -0.15) is 0 Å². The molecule has 0 spiro atoms. The van der Waals surface area contributed by atoms with E-state index in [0.29, 0.717) is 5.92 Å². The zero-order valence-electron chi connectivity index (χ0n) is 10.3. The first-order valence-electron chi connectivity index (χ1n) is 6.01. The third-order valence-corrected chi connectivity index (χ3v) is 2.57. The van der Waals surface area contributed by atoms with Crippen LogP contribution < -0.4 is 4.74 Å². The molecule has 0 aliphatic rings. The van der Waals surface area contributed by atoms with Crippen LogP contribution in [0, 0.1) is 5.92 Å². The standard InChI is InChI=1S/C15H18O2/c1-12(2)11-15(14-9-6-10-16-14)17-13-7-4-3-5-8-13/h3-10,12,15H,11H2,1-2H3. The summed E-state index contributed by atoms with van der Waals surface area (Å²) in [4.78, 5) is 0. The summed E-state index contributed by atoms with van der Waals surface area (Å²) in [5, 5.41) is 0. The smallest absolute Gasteiger partial charge is 0.156 e. The van der Waals surface area contributed by atoms with Gasteiger partial charge in [0.1, 0.15) is 11.5 Å². The molecule has 2 aromatic rings. The van der Waals surface area contributed by atoms with Crippen LogP contribution in [0.2, 0.25) is 0 Å². The summed E-state index contributed by atoms with van der Waals surface area (Å²) < 4.78 is 11.4. The Bertz CT molecular complexity index is 417. The molecule has 90 valence electrons. The Morgan fingerprint density at radius 3 is 2.41 bits per heavy atom. The van der Waals surface area contributed by atoms with Crippen LogP contribution in [0.4, 0.5) is 0 Å². The number of benzene rings is 1. The van der Waals surface area contributed by atoms with Gasteiger partial charge in [-0.1, -0.05) is 32.0 Å². The predicted octanol–water partition coefficient (Wildman–Crippen LogP) is 4.45. The second kappa shape index (κ2) is 5.58. The van der Waals surface area contributed by atoms with E-state index in [1.807, 2.05) is 42.5 Å². The monoisotopic (exact) mass is 230 g/mol. The molecule has 2 nitrogen and oxygen atoms in total. The van der Waals surface area contributed by atoms with Gasteiger partial charge in [0.15, 0.2) is 6.10 Å². The Morgan fingerprint density at radius 2 is 1.82 bits per heavy atom. The second-order valence-electron chi connectivity index (χ2n) is 4.56. The average molecular weight is 230 g/mol. The zero-order chi connectivity index (χ0) is 12.1. The van der Waals surface area contributed by atoms with E-state index < -0.39 is 0 Å². The maximum absolute atomic E-state index is 5.98. The van der Waals surface area contributed by atoms with Gasteiger partial charge in [0, 0.05) is 0 Å². The van der Waals surface area contributed by atoms with Crippen molar-refractivity contribution in [2.75, 3.05) is 0 Å². The summed E-state index contributed by atoms with van der Waals surface area (Å²) in [7, 11) is 0. The van der Waals surface area contributed by atoms with Crippen LogP contribution in [0.1, 0.15) is 32.1 Å². The molecule has 0 saturated heterocycles. The highest BCUT2D eigenvalue weighted by Crippen LogP contribution is 2.27. The lowest BCUT2D eigenvalue weighted by molar-refractivity contribution is 0.151. The number of para-hydroxylation sites is 1. The van der Waals surface area contributed by atoms with Crippen LogP contribution in [-0.4, -0.2) is 0 Å². The summed E-state index contributed by atoms with van der Waals surface area (Å²) in [6.45, 7) is 4.37. The van der Waals surface area contributed by atoms with Gasteiger partial charge in [0.2, 0.25) is 0 Å². The first-order chi connectivity index (χ1) is 8.25. The van der Waals surface area contributed by atoms with Crippen LogP contribution in [0.5, 0.6) is 5.75 Å². The lowest BCUT2D eigenvalue weighted by Crippen LogP contribution is -2.09. The van der Waals surface area contributed by atoms with Gasteiger partial charge in [-0.05, 0) is 36.6 Å². The van der Waals surface area contributed by atoms with E-state index >= 15 is 0 Å². The predicted molar refractivity (Wildman–Crippen MR) is 68.0 cm³/mol. The fraction of sp³-hybridized carbons (Fsp3) is 0.333. The maximum Gasteiger partial charge on any atom is 0.156 e. The minimum absolute atomic E-state index is 0.00704. The molecule has 1 aromatic carbocycles. The molecule has 0 radical (unpaired) electrons. The van der Waals surface area contributed by atoms with Crippen LogP contribution >= 0.6 is 0 Å². The van der Waals surface area contributed by atoms with Gasteiger partial charge >= 0.3 is 0 Å². The fourth-order valence-electron chi connectivity index (χ4n) is 1.79. The van der Waals surface area contributed by atoms with Crippen molar-refractivity contribution in [3.8, 4) is 5.75 Å². The van der Waals surface area contributed by atoms with Crippen LogP contribution in [-0.2, 0) is 0 Å². The third-order valence-electron chi connectivity index (χ3n) is 2.57.